The summed E-state index contributed by atoms with van der Waals surface area (Å²) in [6.07, 6.45) is 0.910. The molecule has 2 heterocycles. The smallest absolute Gasteiger partial charge is 0.222 e. The second kappa shape index (κ2) is 1.71. The van der Waals surface area contributed by atoms with Gasteiger partial charge >= 0.3 is 0 Å². The molecule has 2 fully saturated rings. The Morgan fingerprint density at radius 3 is 1.80 bits per heavy atom. The van der Waals surface area contributed by atoms with Crippen molar-refractivity contribution in [2.24, 2.45) is 0 Å². The van der Waals surface area contributed by atoms with Gasteiger partial charge in [0.15, 0.2) is 0 Å². The monoisotopic (exact) mass is 140 g/mol. The molecule has 2 N–H and O–H groups in total. The third kappa shape index (κ3) is 0.683. The summed E-state index contributed by atoms with van der Waals surface area (Å²) in [5.41, 5.74) is 0. The molecular weight excluding hydrogens is 132 g/mol. The third-order valence-corrected chi connectivity index (χ3v) is 1.99. The predicted octanol–water partition coefficient (Wildman–Crippen LogP) is -1.24. The lowest BCUT2D eigenvalue weighted by Gasteiger charge is -2.03. The van der Waals surface area contributed by atoms with Crippen molar-refractivity contribution >= 4 is 11.8 Å². The second-order valence-electron chi connectivity index (χ2n) is 2.76. The maximum atomic E-state index is 10.7. The van der Waals surface area contributed by atoms with E-state index in [2.05, 4.69) is 10.6 Å². The number of fused-ring (bicyclic) bond motifs is 1. The molecule has 0 aromatic heterocycles. The Morgan fingerprint density at radius 1 is 1.00 bits per heavy atom. The molecule has 0 spiro atoms. The van der Waals surface area contributed by atoms with Gasteiger partial charge in [0.05, 0.1) is 12.1 Å². The molecular formula is C6H8N2O2. The van der Waals surface area contributed by atoms with E-state index in [1.165, 1.54) is 0 Å². The maximum absolute atomic E-state index is 10.7. The van der Waals surface area contributed by atoms with Gasteiger partial charge in [0.1, 0.15) is 0 Å². The van der Waals surface area contributed by atoms with E-state index in [-0.39, 0.29) is 23.9 Å². The standard InChI is InChI=1S/C6H8N2O2/c9-5-1-3-4(8-5)2-6(10)7-3/h3-4H,1-2H2,(H,7,10)(H,8,9). The van der Waals surface area contributed by atoms with Gasteiger partial charge < -0.3 is 10.6 Å². The number of carbonyl (C=O) groups excluding carboxylic acids is 2. The summed E-state index contributed by atoms with van der Waals surface area (Å²) in [4.78, 5) is 21.4. The van der Waals surface area contributed by atoms with Gasteiger partial charge in [0.2, 0.25) is 11.8 Å². The summed E-state index contributed by atoms with van der Waals surface area (Å²) in [5, 5.41) is 5.45. The van der Waals surface area contributed by atoms with Crippen LogP contribution in [-0.2, 0) is 9.59 Å². The molecule has 4 heteroatoms. The predicted molar refractivity (Wildman–Crippen MR) is 33.1 cm³/mol. The number of hydrogen-bond acceptors (Lipinski definition) is 2. The molecule has 0 bridgehead atoms. The second-order valence-corrected chi connectivity index (χ2v) is 2.76. The van der Waals surface area contributed by atoms with E-state index < -0.39 is 0 Å². The molecule has 0 saturated carbocycles. The minimum atomic E-state index is 0.0509. The summed E-state index contributed by atoms with van der Waals surface area (Å²) in [7, 11) is 0. The van der Waals surface area contributed by atoms with Crippen molar-refractivity contribution in [1.29, 1.82) is 0 Å². The van der Waals surface area contributed by atoms with E-state index in [4.69, 9.17) is 0 Å². The normalized spacial score (nSPS) is 37.2. The van der Waals surface area contributed by atoms with Crippen LogP contribution in [0.15, 0.2) is 0 Å². The fourth-order valence-electron chi connectivity index (χ4n) is 1.52. The van der Waals surface area contributed by atoms with Gasteiger partial charge in [0, 0.05) is 12.8 Å². The molecule has 54 valence electrons. The van der Waals surface area contributed by atoms with Crippen molar-refractivity contribution in [1.82, 2.24) is 10.6 Å². The number of amides is 2. The number of rotatable bonds is 0. The summed E-state index contributed by atoms with van der Waals surface area (Å²) < 4.78 is 0. The van der Waals surface area contributed by atoms with Crippen LogP contribution in [0.5, 0.6) is 0 Å². The molecule has 4 nitrogen and oxygen atoms in total. The molecule has 2 amide bonds. The van der Waals surface area contributed by atoms with E-state index in [0.29, 0.717) is 12.8 Å². The zero-order valence-electron chi connectivity index (χ0n) is 5.39. The van der Waals surface area contributed by atoms with Crippen LogP contribution in [0.4, 0.5) is 0 Å². The first kappa shape index (κ1) is 5.70. The molecule has 0 aromatic carbocycles. The zero-order chi connectivity index (χ0) is 7.14. The van der Waals surface area contributed by atoms with Gasteiger partial charge in [0.25, 0.3) is 0 Å². The van der Waals surface area contributed by atoms with Crippen molar-refractivity contribution in [2.75, 3.05) is 0 Å². The van der Waals surface area contributed by atoms with Crippen LogP contribution in [0.2, 0.25) is 0 Å². The number of hydrogen-bond donors (Lipinski definition) is 2. The van der Waals surface area contributed by atoms with E-state index in [1.54, 1.807) is 0 Å². The molecule has 0 aromatic rings. The SMILES string of the molecule is O=C1CC2NC(=O)CC2N1. The Balaban J connectivity index is 2.12. The molecule has 0 aliphatic carbocycles. The van der Waals surface area contributed by atoms with E-state index in [0.717, 1.165) is 0 Å². The van der Waals surface area contributed by atoms with Gasteiger partial charge in [-0.25, -0.2) is 0 Å². The molecule has 2 rings (SSSR count). The fourth-order valence-corrected chi connectivity index (χ4v) is 1.52. The van der Waals surface area contributed by atoms with Crippen molar-refractivity contribution in [2.45, 2.75) is 24.9 Å². The van der Waals surface area contributed by atoms with Crippen molar-refractivity contribution < 1.29 is 9.59 Å². The van der Waals surface area contributed by atoms with Gasteiger partial charge in [-0.15, -0.1) is 0 Å². The molecule has 2 saturated heterocycles. The number of nitrogens with one attached hydrogen (secondary N) is 2. The lowest BCUT2D eigenvalue weighted by atomic mass is 10.1. The lowest BCUT2D eigenvalue weighted by Crippen LogP contribution is -2.30. The highest BCUT2D eigenvalue weighted by molar-refractivity contribution is 5.87. The largest absolute Gasteiger partial charge is 0.351 e. The Labute approximate surface area is 58.0 Å². The fraction of sp³-hybridized carbons (Fsp3) is 0.667. The average Bonchev–Trinajstić information content (AvgIpc) is 2.21. The van der Waals surface area contributed by atoms with Crippen LogP contribution in [-0.4, -0.2) is 23.9 Å². The Morgan fingerprint density at radius 2 is 1.40 bits per heavy atom. The van der Waals surface area contributed by atoms with Crippen LogP contribution < -0.4 is 10.6 Å². The Bertz CT molecular complexity index is 164. The van der Waals surface area contributed by atoms with Crippen LogP contribution in [0.1, 0.15) is 12.8 Å². The zero-order valence-corrected chi connectivity index (χ0v) is 5.39. The van der Waals surface area contributed by atoms with Crippen LogP contribution in [0.25, 0.3) is 0 Å². The Kier molecular flexibility index (Phi) is 0.977. The molecule has 2 atom stereocenters. The molecule has 10 heavy (non-hydrogen) atoms. The summed E-state index contributed by atoms with van der Waals surface area (Å²) >= 11 is 0. The number of carbonyl (C=O) groups is 2. The highest BCUT2D eigenvalue weighted by atomic mass is 16.2. The first-order valence-corrected chi connectivity index (χ1v) is 3.34. The van der Waals surface area contributed by atoms with Crippen molar-refractivity contribution in [3.8, 4) is 0 Å². The van der Waals surface area contributed by atoms with Gasteiger partial charge in [-0.05, 0) is 0 Å². The Hall–Kier alpha value is -1.06. The topological polar surface area (TPSA) is 58.2 Å². The van der Waals surface area contributed by atoms with Crippen molar-refractivity contribution in [3.63, 3.8) is 0 Å². The average molecular weight is 140 g/mol. The van der Waals surface area contributed by atoms with Crippen LogP contribution in [0.3, 0.4) is 0 Å². The first-order chi connectivity index (χ1) is 4.75. The minimum Gasteiger partial charge on any atom is -0.351 e. The van der Waals surface area contributed by atoms with Gasteiger partial charge in [-0.2, -0.15) is 0 Å². The van der Waals surface area contributed by atoms with Crippen molar-refractivity contribution in [3.05, 3.63) is 0 Å². The van der Waals surface area contributed by atoms with Gasteiger partial charge in [-0.3, -0.25) is 9.59 Å². The van der Waals surface area contributed by atoms with Crippen LogP contribution >= 0.6 is 0 Å². The van der Waals surface area contributed by atoms with Gasteiger partial charge in [-0.1, -0.05) is 0 Å². The van der Waals surface area contributed by atoms with E-state index >= 15 is 0 Å². The maximum Gasteiger partial charge on any atom is 0.222 e. The molecule has 2 aliphatic rings. The first-order valence-electron chi connectivity index (χ1n) is 3.34. The summed E-state index contributed by atoms with van der Waals surface area (Å²) in [5.74, 6) is 0.102. The lowest BCUT2D eigenvalue weighted by molar-refractivity contribution is -0.121. The highest BCUT2D eigenvalue weighted by Crippen LogP contribution is 2.16. The van der Waals surface area contributed by atoms with Crippen LogP contribution in [0, 0.1) is 0 Å². The molecule has 2 unspecified atom stereocenters. The summed E-state index contributed by atoms with van der Waals surface area (Å²) in [6.45, 7) is 0. The molecule has 0 radical (unpaired) electrons. The quantitative estimate of drug-likeness (QED) is 0.442. The molecule has 2 aliphatic heterocycles. The van der Waals surface area contributed by atoms with E-state index in [1.807, 2.05) is 0 Å². The minimum absolute atomic E-state index is 0.0509. The highest BCUT2D eigenvalue weighted by Gasteiger charge is 2.39. The van der Waals surface area contributed by atoms with E-state index in [9.17, 15) is 9.59 Å². The third-order valence-electron chi connectivity index (χ3n) is 1.99. The summed E-state index contributed by atoms with van der Waals surface area (Å²) in [6, 6.07) is 0.139.